The molecule has 0 radical (unpaired) electrons. The third-order valence-electron chi connectivity index (χ3n) is 6.14. The van der Waals surface area contributed by atoms with Crippen molar-refractivity contribution in [2.24, 2.45) is 0 Å². The molecule has 2 aliphatic heterocycles. The molecule has 2 aromatic carbocycles. The van der Waals surface area contributed by atoms with Crippen molar-refractivity contribution < 1.29 is 18.4 Å². The molecule has 5 nitrogen and oxygen atoms in total. The Morgan fingerprint density at radius 3 is 2.16 bits per heavy atom. The molecule has 166 valence electrons. The Balaban J connectivity index is 0.00000272. The first-order chi connectivity index (χ1) is 14.2. The predicted molar refractivity (Wildman–Crippen MR) is 118 cm³/mol. The van der Waals surface area contributed by atoms with E-state index in [1.807, 2.05) is 27.0 Å². The van der Waals surface area contributed by atoms with E-state index in [-0.39, 0.29) is 36.3 Å². The summed E-state index contributed by atoms with van der Waals surface area (Å²) in [6.45, 7) is 6.71. The zero-order chi connectivity index (χ0) is 21.6. The molecule has 0 aliphatic carbocycles. The minimum absolute atomic E-state index is 0. The zero-order valence-electron chi connectivity index (χ0n) is 17.8. The Labute approximate surface area is 187 Å². The van der Waals surface area contributed by atoms with Gasteiger partial charge in [0, 0.05) is 37.8 Å². The van der Waals surface area contributed by atoms with Gasteiger partial charge in [-0.2, -0.15) is 0 Å². The SMILES string of the molecule is Cc1cc2c(cc1C)C(CC(=O)N1CCN(C)CC1)N(c1cc(F)cc(F)c1)C2=O.Cl. The molecule has 8 heteroatoms. The fourth-order valence-electron chi connectivity index (χ4n) is 4.24. The third kappa shape index (κ3) is 4.43. The summed E-state index contributed by atoms with van der Waals surface area (Å²) in [4.78, 5) is 31.6. The Bertz CT molecular complexity index is 1000. The number of amides is 2. The maximum Gasteiger partial charge on any atom is 0.259 e. The highest BCUT2D eigenvalue weighted by atomic mass is 35.5. The highest BCUT2D eigenvalue weighted by Crippen LogP contribution is 2.41. The first-order valence-electron chi connectivity index (χ1n) is 10.1. The monoisotopic (exact) mass is 449 g/mol. The molecular weight excluding hydrogens is 424 g/mol. The van der Waals surface area contributed by atoms with Crippen LogP contribution in [0.3, 0.4) is 0 Å². The van der Waals surface area contributed by atoms with Gasteiger partial charge in [-0.3, -0.25) is 9.59 Å². The van der Waals surface area contributed by atoms with Crippen molar-refractivity contribution >= 4 is 29.9 Å². The van der Waals surface area contributed by atoms with Gasteiger partial charge >= 0.3 is 0 Å². The number of halogens is 3. The highest BCUT2D eigenvalue weighted by molar-refractivity contribution is 6.11. The Morgan fingerprint density at radius 2 is 1.55 bits per heavy atom. The fourth-order valence-corrected chi connectivity index (χ4v) is 4.24. The van der Waals surface area contributed by atoms with E-state index in [1.165, 1.54) is 4.90 Å². The minimum Gasteiger partial charge on any atom is -0.340 e. The molecule has 1 saturated heterocycles. The molecule has 0 aromatic heterocycles. The van der Waals surface area contributed by atoms with Crippen LogP contribution < -0.4 is 4.90 Å². The van der Waals surface area contributed by atoms with Crippen molar-refractivity contribution in [2.45, 2.75) is 26.3 Å². The predicted octanol–water partition coefficient (Wildman–Crippen LogP) is 3.87. The maximum atomic E-state index is 13.9. The number of benzene rings is 2. The summed E-state index contributed by atoms with van der Waals surface area (Å²) in [5.41, 5.74) is 3.30. The van der Waals surface area contributed by atoms with E-state index in [1.54, 1.807) is 11.0 Å². The molecule has 1 atom stereocenters. The number of carbonyl (C=O) groups excluding carboxylic acids is 2. The molecule has 0 saturated carbocycles. The molecule has 0 bridgehead atoms. The van der Waals surface area contributed by atoms with E-state index in [0.29, 0.717) is 18.7 Å². The van der Waals surface area contributed by atoms with E-state index in [0.717, 1.165) is 48.0 Å². The number of hydrogen-bond acceptors (Lipinski definition) is 3. The van der Waals surface area contributed by atoms with Crippen LogP contribution >= 0.6 is 12.4 Å². The number of fused-ring (bicyclic) bond motifs is 1. The average Bonchev–Trinajstić information content (AvgIpc) is 2.93. The molecule has 2 aliphatic rings. The van der Waals surface area contributed by atoms with Crippen LogP contribution in [0.4, 0.5) is 14.5 Å². The quantitative estimate of drug-likeness (QED) is 0.714. The van der Waals surface area contributed by atoms with Crippen LogP contribution in [0.15, 0.2) is 30.3 Å². The summed E-state index contributed by atoms with van der Waals surface area (Å²) >= 11 is 0. The topological polar surface area (TPSA) is 43.9 Å². The lowest BCUT2D eigenvalue weighted by Gasteiger charge is -2.34. The summed E-state index contributed by atoms with van der Waals surface area (Å²) in [5, 5.41) is 0. The largest absolute Gasteiger partial charge is 0.340 e. The van der Waals surface area contributed by atoms with Gasteiger partial charge in [0.1, 0.15) is 11.6 Å². The number of carbonyl (C=O) groups is 2. The molecule has 4 rings (SSSR count). The number of aryl methyl sites for hydroxylation is 2. The Kier molecular flexibility index (Phi) is 6.67. The molecule has 0 N–H and O–H groups in total. The van der Waals surface area contributed by atoms with E-state index < -0.39 is 17.7 Å². The first kappa shape index (κ1) is 23.2. The summed E-state index contributed by atoms with van der Waals surface area (Å²) in [6.07, 6.45) is 0.0725. The van der Waals surface area contributed by atoms with Gasteiger partial charge in [-0.15, -0.1) is 12.4 Å². The minimum atomic E-state index is -0.759. The van der Waals surface area contributed by atoms with Crippen LogP contribution in [-0.2, 0) is 4.79 Å². The summed E-state index contributed by atoms with van der Waals surface area (Å²) in [6, 6.07) is 6.17. The van der Waals surface area contributed by atoms with Gasteiger partial charge in [0.05, 0.1) is 18.2 Å². The third-order valence-corrected chi connectivity index (χ3v) is 6.14. The highest BCUT2D eigenvalue weighted by Gasteiger charge is 2.40. The number of anilines is 1. The molecular formula is C23H26ClF2N3O2. The van der Waals surface area contributed by atoms with Gasteiger partial charge < -0.3 is 14.7 Å². The lowest BCUT2D eigenvalue weighted by Crippen LogP contribution is -2.47. The van der Waals surface area contributed by atoms with Crippen molar-refractivity contribution in [1.82, 2.24) is 9.80 Å². The molecule has 0 spiro atoms. The molecule has 2 aromatic rings. The number of piperazine rings is 1. The fraction of sp³-hybridized carbons (Fsp3) is 0.391. The van der Waals surface area contributed by atoms with Gasteiger partial charge in [-0.05, 0) is 55.8 Å². The van der Waals surface area contributed by atoms with E-state index >= 15 is 0 Å². The smallest absolute Gasteiger partial charge is 0.259 e. The number of nitrogens with zero attached hydrogens (tertiary/aromatic N) is 3. The lowest BCUT2D eigenvalue weighted by molar-refractivity contribution is -0.133. The molecule has 31 heavy (non-hydrogen) atoms. The second-order valence-corrected chi connectivity index (χ2v) is 8.23. The lowest BCUT2D eigenvalue weighted by atomic mass is 9.96. The van der Waals surface area contributed by atoms with E-state index in [9.17, 15) is 18.4 Å². The van der Waals surface area contributed by atoms with Crippen molar-refractivity contribution in [1.29, 1.82) is 0 Å². The van der Waals surface area contributed by atoms with Gasteiger partial charge in [0.2, 0.25) is 5.91 Å². The van der Waals surface area contributed by atoms with Crippen molar-refractivity contribution in [2.75, 3.05) is 38.1 Å². The number of hydrogen-bond donors (Lipinski definition) is 0. The summed E-state index contributed by atoms with van der Waals surface area (Å²) in [5.74, 6) is -1.92. The second-order valence-electron chi connectivity index (χ2n) is 8.23. The van der Waals surface area contributed by atoms with Gasteiger partial charge in [-0.25, -0.2) is 8.78 Å². The zero-order valence-corrected chi connectivity index (χ0v) is 18.6. The average molecular weight is 450 g/mol. The standard InChI is InChI=1S/C23H25F2N3O2.ClH/c1-14-8-19-20(9-15(14)2)23(30)28(18-11-16(24)10-17(25)12-18)21(19)13-22(29)27-6-4-26(3)5-7-27;/h8-12,21H,4-7,13H2,1-3H3;1H. The second kappa shape index (κ2) is 8.93. The Morgan fingerprint density at radius 1 is 0.968 bits per heavy atom. The van der Waals surface area contributed by atoms with Crippen LogP contribution in [0.5, 0.6) is 0 Å². The van der Waals surface area contributed by atoms with Crippen LogP contribution in [0, 0.1) is 25.5 Å². The first-order valence-corrected chi connectivity index (χ1v) is 10.1. The number of likely N-dealkylation sites (N-methyl/N-ethyl adjacent to an activating group) is 1. The van der Waals surface area contributed by atoms with Crippen molar-refractivity contribution in [3.8, 4) is 0 Å². The summed E-state index contributed by atoms with van der Waals surface area (Å²) < 4.78 is 27.8. The van der Waals surface area contributed by atoms with Crippen molar-refractivity contribution in [3.05, 3.63) is 64.2 Å². The summed E-state index contributed by atoms with van der Waals surface area (Å²) in [7, 11) is 2.01. The number of rotatable bonds is 3. The maximum absolute atomic E-state index is 13.9. The van der Waals surface area contributed by atoms with Crippen LogP contribution in [0.2, 0.25) is 0 Å². The van der Waals surface area contributed by atoms with E-state index in [2.05, 4.69) is 4.90 Å². The van der Waals surface area contributed by atoms with Gasteiger partial charge in [0.15, 0.2) is 0 Å². The molecule has 2 heterocycles. The Hall–Kier alpha value is -2.51. The van der Waals surface area contributed by atoms with Crippen molar-refractivity contribution in [3.63, 3.8) is 0 Å². The normalized spacial score (nSPS) is 18.7. The van der Waals surface area contributed by atoms with Crippen LogP contribution in [0.25, 0.3) is 0 Å². The van der Waals surface area contributed by atoms with Gasteiger partial charge in [0.25, 0.3) is 5.91 Å². The van der Waals surface area contributed by atoms with E-state index in [4.69, 9.17) is 0 Å². The molecule has 2 amide bonds. The van der Waals surface area contributed by atoms with Crippen LogP contribution in [0.1, 0.15) is 39.5 Å². The van der Waals surface area contributed by atoms with Gasteiger partial charge in [-0.1, -0.05) is 6.07 Å². The van der Waals surface area contributed by atoms with Crippen LogP contribution in [-0.4, -0.2) is 54.8 Å². The molecule has 1 fully saturated rings. The molecule has 1 unspecified atom stereocenters.